The summed E-state index contributed by atoms with van der Waals surface area (Å²) in [5.41, 5.74) is 6.59. The quantitative estimate of drug-likeness (QED) is 0.315. The van der Waals surface area contributed by atoms with Gasteiger partial charge in [0.1, 0.15) is 11.5 Å². The number of benzene rings is 1. The van der Waals surface area contributed by atoms with E-state index < -0.39 is 0 Å². The van der Waals surface area contributed by atoms with Crippen molar-refractivity contribution in [3.05, 3.63) is 77.8 Å². The first-order chi connectivity index (χ1) is 17.5. The highest BCUT2D eigenvalue weighted by Crippen LogP contribution is 2.31. The molecule has 2 heterocycles. The summed E-state index contributed by atoms with van der Waals surface area (Å²) in [5.74, 6) is 1.63. The Balaban J connectivity index is 0. The van der Waals surface area contributed by atoms with Crippen molar-refractivity contribution >= 4 is 11.3 Å². The molecule has 37 heavy (non-hydrogen) atoms. The van der Waals surface area contributed by atoms with Gasteiger partial charge in [0.15, 0.2) is 0 Å². The number of hydrogen-bond donors (Lipinski definition) is 2. The number of aromatic nitrogens is 1. The molecule has 0 aliphatic carbocycles. The third-order valence-electron chi connectivity index (χ3n) is 5.66. The van der Waals surface area contributed by atoms with E-state index in [1.54, 1.807) is 0 Å². The lowest BCUT2D eigenvalue weighted by Gasteiger charge is -2.22. The average Bonchev–Trinajstić information content (AvgIpc) is 2.91. The van der Waals surface area contributed by atoms with Gasteiger partial charge in [-0.05, 0) is 56.5 Å². The van der Waals surface area contributed by atoms with Gasteiger partial charge in [0.25, 0.3) is 0 Å². The van der Waals surface area contributed by atoms with E-state index in [0.717, 1.165) is 72.9 Å². The molecule has 0 atom stereocenters. The number of pyridine rings is 1. The summed E-state index contributed by atoms with van der Waals surface area (Å²) >= 11 is 0. The molecular weight excluding hydrogens is 456 g/mol. The second-order valence-corrected chi connectivity index (χ2v) is 8.28. The molecular formula is C32H54N4O. The van der Waals surface area contributed by atoms with Crippen molar-refractivity contribution in [1.82, 2.24) is 20.5 Å². The van der Waals surface area contributed by atoms with Gasteiger partial charge in [0.05, 0.1) is 5.69 Å². The van der Waals surface area contributed by atoms with Crippen LogP contribution in [0.15, 0.2) is 61.0 Å². The van der Waals surface area contributed by atoms with Crippen molar-refractivity contribution in [2.24, 2.45) is 0 Å². The van der Waals surface area contributed by atoms with E-state index in [0.29, 0.717) is 0 Å². The minimum absolute atomic E-state index is 0. The van der Waals surface area contributed by atoms with Gasteiger partial charge in [-0.2, -0.15) is 0 Å². The zero-order valence-electron chi connectivity index (χ0n) is 23.9. The Hall–Kier alpha value is -3.05. The van der Waals surface area contributed by atoms with Crippen LogP contribution < -0.4 is 15.4 Å². The molecule has 2 N–H and O–H groups in total. The first-order valence-corrected chi connectivity index (χ1v) is 13.4. The van der Waals surface area contributed by atoms with Gasteiger partial charge in [-0.15, -0.1) is 0 Å². The van der Waals surface area contributed by atoms with Gasteiger partial charge in [0, 0.05) is 63.4 Å². The Morgan fingerprint density at radius 3 is 2.57 bits per heavy atom. The number of ether oxygens (including phenoxy) is 1. The predicted molar refractivity (Wildman–Crippen MR) is 166 cm³/mol. The molecule has 1 aromatic carbocycles. The summed E-state index contributed by atoms with van der Waals surface area (Å²) < 4.78 is 6.29. The molecule has 0 bridgehead atoms. The van der Waals surface area contributed by atoms with Crippen molar-refractivity contribution in [2.45, 2.75) is 68.2 Å². The third-order valence-corrected chi connectivity index (χ3v) is 5.66. The van der Waals surface area contributed by atoms with E-state index in [1.165, 1.54) is 11.1 Å². The lowest BCUT2D eigenvalue weighted by molar-refractivity contribution is 0.431. The Labute approximate surface area is 229 Å². The van der Waals surface area contributed by atoms with Crippen molar-refractivity contribution < 1.29 is 6.16 Å². The van der Waals surface area contributed by atoms with Gasteiger partial charge in [-0.1, -0.05) is 66.8 Å². The molecule has 0 saturated carbocycles. The van der Waals surface area contributed by atoms with Crippen LogP contribution in [-0.2, 0) is 0 Å². The van der Waals surface area contributed by atoms with Gasteiger partial charge >= 0.3 is 0 Å². The molecule has 0 amide bonds. The number of hydrogen-bond acceptors (Lipinski definition) is 5. The highest BCUT2D eigenvalue weighted by Gasteiger charge is 2.13. The van der Waals surface area contributed by atoms with Crippen molar-refractivity contribution in [3.63, 3.8) is 0 Å². The van der Waals surface area contributed by atoms with Crippen molar-refractivity contribution in [2.75, 3.05) is 33.7 Å². The van der Waals surface area contributed by atoms with Gasteiger partial charge in [-0.3, -0.25) is 4.98 Å². The molecule has 5 heteroatoms. The summed E-state index contributed by atoms with van der Waals surface area (Å²) in [6, 6.07) is 10.0. The van der Waals surface area contributed by atoms with Crippen LogP contribution in [0.5, 0.6) is 11.5 Å². The molecule has 5 nitrogen and oxygen atoms in total. The maximum absolute atomic E-state index is 6.29. The third kappa shape index (κ3) is 10.8. The molecule has 0 spiro atoms. The topological polar surface area (TPSA) is 49.4 Å². The number of allylic oxidation sites excluding steroid dienone is 2. The monoisotopic (exact) mass is 510 g/mol. The summed E-state index contributed by atoms with van der Waals surface area (Å²) in [7, 11) is 4.08. The Kier molecular flexibility index (Phi) is 17.5. The lowest BCUT2D eigenvalue weighted by atomic mass is 10.0. The normalized spacial score (nSPS) is 12.6. The second-order valence-electron chi connectivity index (χ2n) is 8.28. The van der Waals surface area contributed by atoms with E-state index >= 15 is 0 Å². The summed E-state index contributed by atoms with van der Waals surface area (Å²) in [6.07, 6.45) is 9.48. The molecule has 0 radical (unpaired) electrons. The molecule has 0 unspecified atom stereocenters. The van der Waals surface area contributed by atoms with Crippen LogP contribution in [0.3, 0.4) is 0 Å². The zero-order chi connectivity index (χ0) is 26.9. The number of rotatable bonds is 10. The molecule has 3 rings (SSSR count). The fourth-order valence-corrected chi connectivity index (χ4v) is 3.98. The minimum atomic E-state index is 0. The summed E-state index contributed by atoms with van der Waals surface area (Å²) in [6.45, 7) is 19.2. The smallest absolute Gasteiger partial charge is 0.131 e. The average molecular weight is 511 g/mol. The second kappa shape index (κ2) is 19.1. The van der Waals surface area contributed by atoms with E-state index in [4.69, 9.17) is 4.74 Å². The molecule has 1 aromatic heterocycles. The van der Waals surface area contributed by atoms with Crippen LogP contribution in [0.2, 0.25) is 0 Å². The highest BCUT2D eigenvalue weighted by molar-refractivity contribution is 5.68. The Bertz CT molecular complexity index is 1000. The summed E-state index contributed by atoms with van der Waals surface area (Å²) in [4.78, 5) is 6.79. The van der Waals surface area contributed by atoms with Crippen LogP contribution in [0.25, 0.3) is 11.3 Å². The highest BCUT2D eigenvalue weighted by atomic mass is 16.5. The van der Waals surface area contributed by atoms with Crippen LogP contribution in [0, 0.1) is 6.92 Å². The van der Waals surface area contributed by atoms with Crippen LogP contribution in [-0.4, -0.2) is 43.6 Å². The summed E-state index contributed by atoms with van der Waals surface area (Å²) in [5, 5.41) is 6.70. The van der Waals surface area contributed by atoms with Gasteiger partial charge in [-0.25, -0.2) is 0 Å². The standard InChI is InChI=1S/C27H36N4O.2C2H6.CH4.H2/c1-6-9-22(17-28-4)18-30-21(3)25-11-7-12-27(20(25)2)32-24-13-14-29-26(16-24)23-10-8-15-31(5)19-23;2*1-2;;/h7,9,11-14,16,19,28,30H,3,6,8,10,15,17-18H2,1-2,4-5H3;2*1-2H3;1H4;1H/b22-9+;;;;. The van der Waals surface area contributed by atoms with E-state index in [9.17, 15) is 0 Å². The predicted octanol–water partition coefficient (Wildman–Crippen LogP) is 8.30. The molecule has 1 aliphatic heterocycles. The van der Waals surface area contributed by atoms with Gasteiger partial charge in [0.2, 0.25) is 0 Å². The molecule has 1 aliphatic rings. The Morgan fingerprint density at radius 1 is 1.19 bits per heavy atom. The molecule has 0 saturated heterocycles. The van der Waals surface area contributed by atoms with Crippen LogP contribution in [0.4, 0.5) is 0 Å². The molecule has 0 fully saturated rings. The van der Waals surface area contributed by atoms with E-state index in [-0.39, 0.29) is 8.85 Å². The minimum Gasteiger partial charge on any atom is -0.457 e. The fraction of sp³-hybridized carbons (Fsp3) is 0.469. The maximum Gasteiger partial charge on any atom is 0.131 e. The maximum atomic E-state index is 6.29. The molecule has 2 aromatic rings. The van der Waals surface area contributed by atoms with E-state index in [2.05, 4.69) is 66.3 Å². The van der Waals surface area contributed by atoms with Crippen molar-refractivity contribution in [1.29, 1.82) is 0 Å². The number of likely N-dealkylation sites (N-methyl/N-ethyl adjacent to an activating group) is 1. The Morgan fingerprint density at radius 2 is 1.92 bits per heavy atom. The largest absolute Gasteiger partial charge is 0.457 e. The van der Waals surface area contributed by atoms with E-state index in [1.807, 2.05) is 65.2 Å². The first kappa shape index (κ1) is 34.0. The van der Waals surface area contributed by atoms with Gasteiger partial charge < -0.3 is 20.3 Å². The van der Waals surface area contributed by atoms with Crippen LogP contribution >= 0.6 is 0 Å². The number of nitrogens with one attached hydrogen (secondary N) is 2. The molecule has 208 valence electrons. The first-order valence-electron chi connectivity index (χ1n) is 13.4. The number of nitrogens with zero attached hydrogens (tertiary/aromatic N) is 2. The lowest BCUT2D eigenvalue weighted by Crippen LogP contribution is -2.21. The van der Waals surface area contributed by atoms with Crippen molar-refractivity contribution in [3.8, 4) is 11.5 Å². The fourth-order valence-electron chi connectivity index (χ4n) is 3.98. The van der Waals surface area contributed by atoms with Crippen LogP contribution in [0.1, 0.15) is 79.6 Å². The zero-order valence-corrected chi connectivity index (χ0v) is 23.9. The SMILES string of the molecule is C.C=C(NC/C(=C/CC)CNC)c1cccc(Oc2ccnc(C3=CN(C)CCC3)c2)c1C.CC.CC.[HH].